The van der Waals surface area contributed by atoms with Gasteiger partial charge in [0.05, 0.1) is 16.6 Å². The lowest BCUT2D eigenvalue weighted by atomic mass is 9.83. The third kappa shape index (κ3) is 2.30. The number of anilines is 1. The molecular weight excluding hydrogens is 300 g/mol. The molecule has 0 unspecified atom stereocenters. The minimum Gasteiger partial charge on any atom is -0.373 e. The number of carbonyl (C=O) groups is 1. The summed E-state index contributed by atoms with van der Waals surface area (Å²) >= 11 is 0. The van der Waals surface area contributed by atoms with Crippen LogP contribution in [0.2, 0.25) is 0 Å². The Balaban J connectivity index is 1.80. The Bertz CT molecular complexity index is 904. The minimum absolute atomic E-state index is 0.154. The molecule has 4 rings (SSSR count). The highest BCUT2D eigenvalue weighted by molar-refractivity contribution is 6.08. The first-order valence-corrected chi connectivity index (χ1v) is 7.92. The summed E-state index contributed by atoms with van der Waals surface area (Å²) in [6.45, 7) is 1.69. The maximum Gasteiger partial charge on any atom is 0.250 e. The number of fused-ring (bicyclic) bond motifs is 1. The number of nitrogens with two attached hydrogens (primary N) is 1. The van der Waals surface area contributed by atoms with Gasteiger partial charge in [0.15, 0.2) is 0 Å². The second kappa shape index (κ2) is 5.62. The third-order valence-corrected chi connectivity index (χ3v) is 4.59. The van der Waals surface area contributed by atoms with E-state index in [0.29, 0.717) is 11.1 Å². The molecule has 1 amide bonds. The number of hydrogen-bond donors (Lipinski definition) is 3. The maximum atomic E-state index is 11.7. The Kier molecular flexibility index (Phi) is 3.43. The van der Waals surface area contributed by atoms with Crippen LogP contribution in [0.3, 0.4) is 0 Å². The highest BCUT2D eigenvalue weighted by Crippen LogP contribution is 2.34. The fraction of sp³-hybridized carbons (Fsp3) is 0.158. The van der Waals surface area contributed by atoms with Gasteiger partial charge in [0.2, 0.25) is 0 Å². The van der Waals surface area contributed by atoms with Crippen molar-refractivity contribution in [2.45, 2.75) is 5.54 Å². The second-order valence-corrected chi connectivity index (χ2v) is 6.10. The fourth-order valence-corrected chi connectivity index (χ4v) is 3.24. The Labute approximate surface area is 139 Å². The summed E-state index contributed by atoms with van der Waals surface area (Å²) in [6, 6.07) is 17.9. The molecule has 4 N–H and O–H groups in total. The molecule has 0 atom stereocenters. The average molecular weight is 318 g/mol. The van der Waals surface area contributed by atoms with Gasteiger partial charge in [0.25, 0.3) is 5.91 Å². The van der Waals surface area contributed by atoms with E-state index in [-0.39, 0.29) is 5.54 Å². The van der Waals surface area contributed by atoms with Crippen LogP contribution in [0.5, 0.6) is 0 Å². The molecule has 24 heavy (non-hydrogen) atoms. The molecule has 5 nitrogen and oxygen atoms in total. The molecule has 0 spiro atoms. The number of benzene rings is 2. The molecule has 120 valence electrons. The zero-order valence-corrected chi connectivity index (χ0v) is 13.1. The van der Waals surface area contributed by atoms with Crippen molar-refractivity contribution in [1.29, 1.82) is 0 Å². The van der Waals surface area contributed by atoms with E-state index in [4.69, 9.17) is 5.73 Å². The highest BCUT2D eigenvalue weighted by atomic mass is 16.1. The van der Waals surface area contributed by atoms with Gasteiger partial charge in [-0.1, -0.05) is 30.3 Å². The molecule has 0 aliphatic carbocycles. The molecule has 2 heterocycles. The van der Waals surface area contributed by atoms with Crippen molar-refractivity contribution in [2.24, 2.45) is 5.73 Å². The Morgan fingerprint density at radius 1 is 1.08 bits per heavy atom. The first-order chi connectivity index (χ1) is 11.7. The van der Waals surface area contributed by atoms with E-state index in [1.54, 1.807) is 12.3 Å². The van der Waals surface area contributed by atoms with Gasteiger partial charge in [-0.05, 0) is 29.8 Å². The van der Waals surface area contributed by atoms with Crippen molar-refractivity contribution < 1.29 is 4.79 Å². The first-order valence-electron chi connectivity index (χ1n) is 7.92. The minimum atomic E-state index is -0.465. The summed E-state index contributed by atoms with van der Waals surface area (Å²) in [5, 5.41) is 7.91. The van der Waals surface area contributed by atoms with Crippen molar-refractivity contribution >= 4 is 22.5 Å². The fourth-order valence-electron chi connectivity index (χ4n) is 3.24. The van der Waals surface area contributed by atoms with Crippen LogP contribution in [-0.2, 0) is 5.54 Å². The smallest absolute Gasteiger partial charge is 0.250 e. The lowest BCUT2D eigenvalue weighted by Gasteiger charge is -2.44. The van der Waals surface area contributed by atoms with Crippen LogP contribution in [0.4, 0.5) is 5.69 Å². The molecule has 0 bridgehead atoms. The number of nitrogens with one attached hydrogen (secondary N) is 2. The van der Waals surface area contributed by atoms with Crippen molar-refractivity contribution in [3.05, 3.63) is 71.9 Å². The molecule has 0 saturated carbocycles. The number of hydrogen-bond acceptors (Lipinski definition) is 4. The van der Waals surface area contributed by atoms with Crippen LogP contribution in [0, 0.1) is 0 Å². The molecular formula is C19H18N4O. The predicted octanol–water partition coefficient (Wildman–Crippen LogP) is 2.24. The van der Waals surface area contributed by atoms with Crippen LogP contribution >= 0.6 is 0 Å². The standard InChI is InChI=1S/C19H18N4O/c20-18(24)15-8-9-16(14-7-4-10-22-17(14)15)23-19(11-21-12-19)13-5-2-1-3-6-13/h1-10,21,23H,11-12H2,(H2,20,24). The Morgan fingerprint density at radius 2 is 1.88 bits per heavy atom. The molecule has 1 aromatic heterocycles. The number of primary amides is 1. The zero-order valence-electron chi connectivity index (χ0n) is 13.1. The van der Waals surface area contributed by atoms with E-state index in [1.807, 2.05) is 36.4 Å². The zero-order chi connectivity index (χ0) is 16.6. The van der Waals surface area contributed by atoms with E-state index < -0.39 is 5.91 Å². The van der Waals surface area contributed by atoms with Crippen LogP contribution in [0.15, 0.2) is 60.8 Å². The summed E-state index contributed by atoms with van der Waals surface area (Å²) in [5.74, 6) is -0.465. The van der Waals surface area contributed by atoms with Gasteiger partial charge in [-0.15, -0.1) is 0 Å². The molecule has 1 aliphatic rings. The van der Waals surface area contributed by atoms with Gasteiger partial charge in [-0.3, -0.25) is 9.78 Å². The maximum absolute atomic E-state index is 11.7. The molecule has 1 saturated heterocycles. The van der Waals surface area contributed by atoms with Crippen LogP contribution in [0.1, 0.15) is 15.9 Å². The van der Waals surface area contributed by atoms with E-state index >= 15 is 0 Å². The van der Waals surface area contributed by atoms with Crippen molar-refractivity contribution in [1.82, 2.24) is 10.3 Å². The molecule has 1 fully saturated rings. The molecule has 0 radical (unpaired) electrons. The first kappa shape index (κ1) is 14.7. The van der Waals surface area contributed by atoms with E-state index in [2.05, 4.69) is 27.8 Å². The van der Waals surface area contributed by atoms with E-state index in [1.165, 1.54) is 5.56 Å². The summed E-state index contributed by atoms with van der Waals surface area (Å²) in [5.41, 5.74) is 8.58. The van der Waals surface area contributed by atoms with Gasteiger partial charge in [0.1, 0.15) is 0 Å². The number of nitrogens with zero attached hydrogens (tertiary/aromatic N) is 1. The molecule has 5 heteroatoms. The largest absolute Gasteiger partial charge is 0.373 e. The second-order valence-electron chi connectivity index (χ2n) is 6.10. The Morgan fingerprint density at radius 3 is 2.54 bits per heavy atom. The highest BCUT2D eigenvalue weighted by Gasteiger charge is 2.38. The van der Waals surface area contributed by atoms with Gasteiger partial charge in [-0.25, -0.2) is 0 Å². The summed E-state index contributed by atoms with van der Waals surface area (Å²) in [6.07, 6.45) is 1.68. The van der Waals surface area contributed by atoms with Crippen molar-refractivity contribution in [3.8, 4) is 0 Å². The van der Waals surface area contributed by atoms with Crippen molar-refractivity contribution in [3.63, 3.8) is 0 Å². The number of rotatable bonds is 4. The van der Waals surface area contributed by atoms with Gasteiger partial charge in [0, 0.05) is 30.4 Å². The van der Waals surface area contributed by atoms with Crippen molar-refractivity contribution in [2.75, 3.05) is 18.4 Å². The predicted molar refractivity (Wildman–Crippen MR) is 94.9 cm³/mol. The van der Waals surface area contributed by atoms with E-state index in [0.717, 1.165) is 24.2 Å². The molecule has 2 aromatic carbocycles. The van der Waals surface area contributed by atoms with E-state index in [9.17, 15) is 4.79 Å². The number of amides is 1. The number of carbonyl (C=O) groups excluding carboxylic acids is 1. The van der Waals surface area contributed by atoms with Crippen LogP contribution in [0.25, 0.3) is 10.9 Å². The van der Waals surface area contributed by atoms with Gasteiger partial charge < -0.3 is 16.4 Å². The monoisotopic (exact) mass is 318 g/mol. The van der Waals surface area contributed by atoms with Gasteiger partial charge >= 0.3 is 0 Å². The molecule has 1 aliphatic heterocycles. The lowest BCUT2D eigenvalue weighted by Crippen LogP contribution is -2.61. The Hall–Kier alpha value is -2.92. The summed E-state index contributed by atoms with van der Waals surface area (Å²) in [7, 11) is 0. The topological polar surface area (TPSA) is 80.0 Å². The molecule has 3 aromatic rings. The average Bonchev–Trinajstić information content (AvgIpc) is 2.58. The third-order valence-electron chi connectivity index (χ3n) is 4.59. The van der Waals surface area contributed by atoms with Crippen LogP contribution in [-0.4, -0.2) is 24.0 Å². The van der Waals surface area contributed by atoms with Crippen LogP contribution < -0.4 is 16.4 Å². The lowest BCUT2D eigenvalue weighted by molar-refractivity contribution is 0.100. The number of aromatic nitrogens is 1. The normalized spacial score (nSPS) is 15.7. The van der Waals surface area contributed by atoms with Gasteiger partial charge in [-0.2, -0.15) is 0 Å². The number of pyridine rings is 1. The quantitative estimate of drug-likeness (QED) is 0.689. The summed E-state index contributed by atoms with van der Waals surface area (Å²) in [4.78, 5) is 16.0. The SMILES string of the molecule is NC(=O)c1ccc(NC2(c3ccccc3)CNC2)c2cccnc12. The summed E-state index contributed by atoms with van der Waals surface area (Å²) < 4.78 is 0.